The van der Waals surface area contributed by atoms with Crippen LogP contribution >= 0.6 is 0 Å². The molecule has 2 aromatic heterocycles. The molecule has 4 heterocycles. The van der Waals surface area contributed by atoms with Gasteiger partial charge in [-0.25, -0.2) is 27.9 Å². The van der Waals surface area contributed by atoms with Crippen LogP contribution in [0.4, 0.5) is 16.6 Å². The van der Waals surface area contributed by atoms with Crippen LogP contribution in [0.3, 0.4) is 0 Å². The fourth-order valence-electron chi connectivity index (χ4n) is 6.29. The lowest BCUT2D eigenvalue weighted by atomic mass is 9.78. The van der Waals surface area contributed by atoms with E-state index >= 15 is 0 Å². The molecule has 2 aliphatic rings. The zero-order chi connectivity index (χ0) is 36.4. The number of likely N-dealkylation sites (tertiary alicyclic amines) is 1. The van der Waals surface area contributed by atoms with E-state index in [1.807, 2.05) is 38.1 Å². The van der Waals surface area contributed by atoms with Crippen molar-refractivity contribution in [3.8, 4) is 17.1 Å². The van der Waals surface area contributed by atoms with Gasteiger partial charge in [-0.05, 0) is 102 Å². The summed E-state index contributed by atoms with van der Waals surface area (Å²) in [6, 6.07) is 17.2. The van der Waals surface area contributed by atoms with E-state index in [0.29, 0.717) is 37.4 Å². The van der Waals surface area contributed by atoms with Gasteiger partial charge in [0.1, 0.15) is 11.4 Å². The van der Waals surface area contributed by atoms with Crippen molar-refractivity contribution in [3.05, 3.63) is 89.1 Å². The lowest BCUT2D eigenvalue weighted by Crippen LogP contribution is -2.49. The van der Waals surface area contributed by atoms with Crippen LogP contribution in [0.5, 0.6) is 5.88 Å². The minimum Gasteiger partial charge on any atom is -0.477 e. The number of hydrogen-bond donors (Lipinski definition) is 3. The van der Waals surface area contributed by atoms with Gasteiger partial charge in [-0.1, -0.05) is 30.3 Å². The highest BCUT2D eigenvalue weighted by Gasteiger charge is 2.37. The summed E-state index contributed by atoms with van der Waals surface area (Å²) in [7, 11) is -4.13. The maximum absolute atomic E-state index is 13.4. The Kier molecular flexibility index (Phi) is 10.0. The van der Waals surface area contributed by atoms with E-state index in [1.54, 1.807) is 51.2 Å². The minimum absolute atomic E-state index is 0.0816. The number of fused-ring (bicyclic) bond motifs is 4. The Hall–Kier alpha value is -5.08. The Morgan fingerprint density at radius 2 is 1.75 bits per heavy atom. The molecule has 0 aliphatic carbocycles. The van der Waals surface area contributed by atoms with Crippen molar-refractivity contribution in [1.29, 1.82) is 0 Å². The molecule has 3 N–H and O–H groups in total. The summed E-state index contributed by atoms with van der Waals surface area (Å²) in [6.45, 7) is 12.0. The number of amides is 2. The fraction of sp³-hybridized carbons (Fsp3) is 0.378. The summed E-state index contributed by atoms with van der Waals surface area (Å²) in [5, 5.41) is 5.71. The minimum atomic E-state index is -4.13. The highest BCUT2D eigenvalue weighted by atomic mass is 32.2. The SMILES string of the molecule is Cc1cccc(C)c1-c1cc2nc(n1)NS(=O)(=O)c1cccc(c1)C(=O)NCC1(CCN(Cc3ccc(NC(=O)OC(C)(C)C)nc3)CC1)CO2. The molecule has 6 rings (SSSR count). The monoisotopic (exact) mass is 713 g/mol. The Balaban J connectivity index is 1.23. The lowest BCUT2D eigenvalue weighted by Gasteiger charge is -2.41. The van der Waals surface area contributed by atoms with E-state index in [4.69, 9.17) is 9.47 Å². The normalized spacial score (nSPS) is 17.3. The Morgan fingerprint density at radius 3 is 2.43 bits per heavy atom. The molecule has 0 radical (unpaired) electrons. The number of hydrogen-bond acceptors (Lipinski definition) is 10. The quantitative estimate of drug-likeness (QED) is 0.239. The van der Waals surface area contributed by atoms with Gasteiger partial charge >= 0.3 is 6.09 Å². The Bertz CT molecular complexity index is 2020. The third-order valence-electron chi connectivity index (χ3n) is 9.00. The molecule has 0 atom stereocenters. The first-order chi connectivity index (χ1) is 24.2. The van der Waals surface area contributed by atoms with Crippen LogP contribution in [-0.2, 0) is 21.3 Å². The Labute approximate surface area is 298 Å². The molecule has 0 unspecified atom stereocenters. The number of sulfonamides is 1. The number of anilines is 2. The third-order valence-corrected chi connectivity index (χ3v) is 10.3. The van der Waals surface area contributed by atoms with Crippen LogP contribution in [0.15, 0.2) is 71.8 Å². The molecule has 268 valence electrons. The second-order valence-corrected chi connectivity index (χ2v) is 15.9. The number of aryl methyl sites for hydroxylation is 2. The molecule has 2 aromatic carbocycles. The van der Waals surface area contributed by atoms with Crippen molar-refractivity contribution >= 4 is 33.8 Å². The zero-order valence-electron chi connectivity index (χ0n) is 29.4. The maximum atomic E-state index is 13.4. The van der Waals surface area contributed by atoms with Gasteiger partial charge in [0.15, 0.2) is 0 Å². The fourth-order valence-corrected chi connectivity index (χ4v) is 7.28. The average molecular weight is 714 g/mol. The van der Waals surface area contributed by atoms with Crippen molar-refractivity contribution in [3.63, 3.8) is 0 Å². The van der Waals surface area contributed by atoms with Gasteiger partial charge in [0.25, 0.3) is 15.9 Å². The van der Waals surface area contributed by atoms with E-state index in [9.17, 15) is 18.0 Å². The third kappa shape index (κ3) is 8.81. The van der Waals surface area contributed by atoms with Gasteiger partial charge in [-0.3, -0.25) is 15.0 Å². The van der Waals surface area contributed by atoms with E-state index < -0.39 is 27.1 Å². The van der Waals surface area contributed by atoms with Gasteiger partial charge in [0, 0.05) is 41.9 Å². The van der Waals surface area contributed by atoms with Gasteiger partial charge in [-0.15, -0.1) is 0 Å². The van der Waals surface area contributed by atoms with Crippen LogP contribution in [0.25, 0.3) is 11.3 Å². The second kappa shape index (κ2) is 14.3. The molecule has 4 aromatic rings. The maximum Gasteiger partial charge on any atom is 0.413 e. The summed E-state index contributed by atoms with van der Waals surface area (Å²) in [5.41, 5.74) is 3.53. The number of nitrogens with one attached hydrogen (secondary N) is 3. The molecule has 2 aliphatic heterocycles. The van der Waals surface area contributed by atoms with Gasteiger partial charge < -0.3 is 14.8 Å². The number of nitrogens with zero attached hydrogens (tertiary/aromatic N) is 4. The van der Waals surface area contributed by atoms with E-state index in [1.165, 1.54) is 12.1 Å². The summed E-state index contributed by atoms with van der Waals surface area (Å²) in [4.78, 5) is 41.2. The number of piperidine rings is 1. The average Bonchev–Trinajstić information content (AvgIpc) is 3.07. The van der Waals surface area contributed by atoms with Gasteiger partial charge in [0.2, 0.25) is 11.8 Å². The topological polar surface area (TPSA) is 165 Å². The predicted octanol–water partition coefficient (Wildman–Crippen LogP) is 5.71. The summed E-state index contributed by atoms with van der Waals surface area (Å²) >= 11 is 0. The molecule has 1 spiro atoms. The lowest BCUT2D eigenvalue weighted by molar-refractivity contribution is 0.0472. The van der Waals surface area contributed by atoms with Crippen molar-refractivity contribution in [2.45, 2.75) is 64.5 Å². The number of benzene rings is 2. The van der Waals surface area contributed by atoms with Crippen molar-refractivity contribution in [2.24, 2.45) is 5.41 Å². The predicted molar refractivity (Wildman–Crippen MR) is 193 cm³/mol. The summed E-state index contributed by atoms with van der Waals surface area (Å²) in [5.74, 6) is 0.140. The standard InChI is InChI=1S/C37H43N7O6S/c1-24-8-6-9-25(2)32(24)29-19-31-42-34(40-29)43-51(47,48)28-11-7-10-27(18-28)33(45)39-22-37(23-49-31)14-16-44(17-15-37)21-26-12-13-30(38-20-26)41-35(46)50-36(3,4)5/h6-13,18-20H,14-17,21-23H2,1-5H3,(H,39,45)(H,38,41,46)(H,40,42,43). The van der Waals surface area contributed by atoms with Crippen molar-refractivity contribution < 1.29 is 27.5 Å². The molecular weight excluding hydrogens is 671 g/mol. The number of pyridine rings is 1. The Morgan fingerprint density at radius 1 is 1.02 bits per heavy atom. The van der Waals surface area contributed by atoms with Crippen molar-refractivity contribution in [2.75, 3.05) is 36.3 Å². The number of ether oxygens (including phenoxy) is 2. The molecule has 2 amide bonds. The van der Waals surface area contributed by atoms with Gasteiger partial charge in [-0.2, -0.15) is 4.98 Å². The number of aromatic nitrogens is 3. The van der Waals surface area contributed by atoms with E-state index in [2.05, 4.69) is 35.2 Å². The number of carbonyl (C=O) groups excluding carboxylic acids is 2. The smallest absolute Gasteiger partial charge is 0.413 e. The largest absolute Gasteiger partial charge is 0.477 e. The van der Waals surface area contributed by atoms with Crippen LogP contribution in [-0.4, -0.2) is 72.1 Å². The molecule has 1 fully saturated rings. The molecule has 1 saturated heterocycles. The van der Waals surface area contributed by atoms with Crippen LogP contribution in [0, 0.1) is 19.3 Å². The highest BCUT2D eigenvalue weighted by Crippen LogP contribution is 2.35. The van der Waals surface area contributed by atoms with Crippen LogP contribution < -0.4 is 20.1 Å². The first-order valence-electron chi connectivity index (χ1n) is 16.8. The molecule has 13 nitrogen and oxygen atoms in total. The molecule has 4 bridgehead atoms. The van der Waals surface area contributed by atoms with Crippen molar-refractivity contribution in [1.82, 2.24) is 25.2 Å². The highest BCUT2D eigenvalue weighted by molar-refractivity contribution is 7.92. The molecule has 51 heavy (non-hydrogen) atoms. The van der Waals surface area contributed by atoms with E-state index in [-0.39, 0.29) is 34.8 Å². The molecular formula is C37H43N7O6S. The number of rotatable bonds is 4. The van der Waals surface area contributed by atoms with Crippen LogP contribution in [0.2, 0.25) is 0 Å². The van der Waals surface area contributed by atoms with Crippen LogP contribution in [0.1, 0.15) is 60.7 Å². The number of carbonyl (C=O) groups is 2. The van der Waals surface area contributed by atoms with E-state index in [0.717, 1.165) is 35.3 Å². The second-order valence-electron chi connectivity index (χ2n) is 14.2. The molecule has 0 saturated carbocycles. The first-order valence-corrected chi connectivity index (χ1v) is 18.3. The zero-order valence-corrected chi connectivity index (χ0v) is 30.3. The summed E-state index contributed by atoms with van der Waals surface area (Å²) < 4.78 is 41.1. The molecule has 14 heteroatoms. The first kappa shape index (κ1) is 35.7. The summed E-state index contributed by atoms with van der Waals surface area (Å²) in [6.07, 6.45) is 2.61. The van der Waals surface area contributed by atoms with Gasteiger partial charge in [0.05, 0.1) is 17.2 Å².